The number of hydrogen-bond donors (Lipinski definition) is 2. The van der Waals surface area contributed by atoms with E-state index in [0.29, 0.717) is 91.5 Å². The monoisotopic (exact) mass is 635 g/mol. The normalized spacial score (nSPS) is 30.2. The highest BCUT2D eigenvalue weighted by Crippen LogP contribution is 2.65. The molecule has 2 heterocycles. The molecule has 11 heteroatoms. The summed E-state index contributed by atoms with van der Waals surface area (Å²) in [5.41, 5.74) is 0.797. The number of piperidine rings is 1. The van der Waals surface area contributed by atoms with Gasteiger partial charge in [-0.15, -0.1) is 0 Å². The lowest BCUT2D eigenvalue weighted by molar-refractivity contribution is -0.218. The molecule has 5 atom stereocenters. The van der Waals surface area contributed by atoms with Crippen molar-refractivity contribution in [2.24, 2.45) is 5.92 Å². The predicted octanol–water partition coefficient (Wildman–Crippen LogP) is 2.46. The minimum atomic E-state index is -0.894. The molecular formula is C34H53NO10. The van der Waals surface area contributed by atoms with Crippen molar-refractivity contribution in [1.29, 1.82) is 0 Å². The maximum Gasteiger partial charge on any atom is 0.165 e. The van der Waals surface area contributed by atoms with E-state index in [1.807, 2.05) is 6.07 Å². The second kappa shape index (κ2) is 15.6. The van der Waals surface area contributed by atoms with E-state index in [2.05, 4.69) is 4.90 Å². The van der Waals surface area contributed by atoms with Crippen LogP contribution in [-0.2, 0) is 45.0 Å². The number of ether oxygens (including phenoxy) is 8. The van der Waals surface area contributed by atoms with Crippen LogP contribution < -0.4 is 4.74 Å². The molecule has 254 valence electrons. The summed E-state index contributed by atoms with van der Waals surface area (Å²) in [7, 11) is 1.65. The highest BCUT2D eigenvalue weighted by atomic mass is 16.6. The summed E-state index contributed by atoms with van der Waals surface area (Å²) in [6.45, 7) is 8.18. The van der Waals surface area contributed by atoms with Crippen LogP contribution in [0.25, 0.3) is 0 Å². The van der Waals surface area contributed by atoms with Gasteiger partial charge >= 0.3 is 0 Å². The van der Waals surface area contributed by atoms with E-state index in [-0.39, 0.29) is 24.0 Å². The Bertz CT molecular complexity index is 1090. The third kappa shape index (κ3) is 6.89. The molecule has 3 fully saturated rings. The Balaban J connectivity index is 0.902. The number of hydrogen-bond acceptors (Lipinski definition) is 11. The molecular weight excluding hydrogens is 582 g/mol. The summed E-state index contributed by atoms with van der Waals surface area (Å²) in [6, 6.07) is 3.88. The molecule has 2 bridgehead atoms. The van der Waals surface area contributed by atoms with E-state index in [4.69, 9.17) is 37.9 Å². The number of rotatable bonds is 21. The fourth-order valence-electron chi connectivity index (χ4n) is 8.36. The van der Waals surface area contributed by atoms with Gasteiger partial charge in [0.25, 0.3) is 0 Å². The van der Waals surface area contributed by atoms with Crippen LogP contribution in [-0.4, -0.2) is 138 Å². The predicted molar refractivity (Wildman–Crippen MR) is 165 cm³/mol. The van der Waals surface area contributed by atoms with Crippen LogP contribution in [0.2, 0.25) is 0 Å². The summed E-state index contributed by atoms with van der Waals surface area (Å²) in [4.78, 5) is 2.57. The van der Waals surface area contributed by atoms with Gasteiger partial charge < -0.3 is 48.1 Å². The zero-order valence-corrected chi connectivity index (χ0v) is 26.9. The largest absolute Gasteiger partial charge is 0.504 e. The van der Waals surface area contributed by atoms with Gasteiger partial charge in [0.1, 0.15) is 6.10 Å². The Morgan fingerprint density at radius 1 is 0.822 bits per heavy atom. The Morgan fingerprint density at radius 2 is 1.44 bits per heavy atom. The number of likely N-dealkylation sites (tertiary alicyclic amines) is 1. The first-order valence-electron chi connectivity index (χ1n) is 17.1. The van der Waals surface area contributed by atoms with E-state index in [1.165, 1.54) is 24.8 Å². The molecule has 2 aliphatic heterocycles. The molecule has 45 heavy (non-hydrogen) atoms. The maximum atomic E-state index is 12.6. The van der Waals surface area contributed by atoms with Crippen molar-refractivity contribution in [3.8, 4) is 11.5 Å². The lowest BCUT2D eigenvalue weighted by atomic mass is 9.48. The fourth-order valence-corrected chi connectivity index (χ4v) is 8.36. The average Bonchev–Trinajstić information content (AvgIpc) is 3.37. The van der Waals surface area contributed by atoms with Crippen LogP contribution in [0.4, 0.5) is 0 Å². The fraction of sp³-hybridized carbons (Fsp3) is 0.824. The average molecular weight is 636 g/mol. The highest BCUT2D eigenvalue weighted by molar-refractivity contribution is 5.62. The number of methoxy groups -OCH3 is 1. The van der Waals surface area contributed by atoms with Crippen molar-refractivity contribution >= 4 is 0 Å². The minimum Gasteiger partial charge on any atom is -0.504 e. The molecule has 5 aliphatic rings. The smallest absolute Gasteiger partial charge is 0.165 e. The van der Waals surface area contributed by atoms with Gasteiger partial charge in [-0.3, -0.25) is 4.90 Å². The molecule has 0 radical (unpaired) electrons. The molecule has 0 aromatic heterocycles. The van der Waals surface area contributed by atoms with Crippen LogP contribution in [0.1, 0.15) is 49.7 Å². The van der Waals surface area contributed by atoms with Crippen molar-refractivity contribution in [2.45, 2.75) is 74.2 Å². The minimum absolute atomic E-state index is 0.0698. The number of nitrogens with zero attached hydrogens (tertiary/aromatic N) is 1. The van der Waals surface area contributed by atoms with Gasteiger partial charge in [0, 0.05) is 25.3 Å². The van der Waals surface area contributed by atoms with Gasteiger partial charge in [-0.2, -0.15) is 0 Å². The molecule has 2 unspecified atom stereocenters. The third-order valence-electron chi connectivity index (χ3n) is 10.7. The first-order valence-corrected chi connectivity index (χ1v) is 17.1. The summed E-state index contributed by atoms with van der Waals surface area (Å²) in [6.07, 6.45) is 6.44. The molecule has 1 spiro atoms. The van der Waals surface area contributed by atoms with Crippen molar-refractivity contribution in [3.05, 3.63) is 23.3 Å². The maximum absolute atomic E-state index is 12.6. The van der Waals surface area contributed by atoms with E-state index in [0.717, 1.165) is 43.8 Å². The number of phenols is 1. The standard InChI is InChI=1S/C34H53NO10/c1-38-11-12-39-13-14-40-15-16-41-17-18-42-19-20-43-21-22-44-28-7-8-34(37)29-23-26-5-6-27(36)31-30(26)33(34,32(28)45-31)9-10-35(29)24-25-3-2-4-25/h5-6,25,28-29,32,36-37H,2-4,7-24H2,1H3/t28?,29?,32-,33-,34+/m0/s1. The summed E-state index contributed by atoms with van der Waals surface area (Å²) in [5.74, 6) is 1.47. The second-order valence-corrected chi connectivity index (χ2v) is 13.1. The second-order valence-electron chi connectivity index (χ2n) is 13.1. The van der Waals surface area contributed by atoms with Crippen LogP contribution in [0, 0.1) is 5.92 Å². The van der Waals surface area contributed by atoms with Crippen LogP contribution in [0.3, 0.4) is 0 Å². The lowest BCUT2D eigenvalue weighted by Crippen LogP contribution is -2.77. The number of aliphatic hydroxyl groups is 1. The van der Waals surface area contributed by atoms with Crippen molar-refractivity contribution in [2.75, 3.05) is 99.5 Å². The number of phenolic OH excluding ortho intramolecular Hbond substituents is 1. The molecule has 1 aromatic carbocycles. The Hall–Kier alpha value is -1.54. The van der Waals surface area contributed by atoms with Gasteiger partial charge in [0.15, 0.2) is 11.5 Å². The van der Waals surface area contributed by atoms with E-state index < -0.39 is 11.0 Å². The van der Waals surface area contributed by atoms with Crippen LogP contribution >= 0.6 is 0 Å². The van der Waals surface area contributed by atoms with Crippen molar-refractivity contribution in [1.82, 2.24) is 4.90 Å². The molecule has 1 saturated heterocycles. The van der Waals surface area contributed by atoms with Crippen molar-refractivity contribution < 1.29 is 48.1 Å². The quantitative estimate of drug-likeness (QED) is 0.194. The van der Waals surface area contributed by atoms with Crippen LogP contribution in [0.15, 0.2) is 12.1 Å². The van der Waals surface area contributed by atoms with Gasteiger partial charge in [0.2, 0.25) is 0 Å². The first kappa shape index (κ1) is 33.4. The molecule has 1 aromatic rings. The zero-order valence-electron chi connectivity index (χ0n) is 26.9. The summed E-state index contributed by atoms with van der Waals surface area (Å²) in [5, 5.41) is 23.4. The van der Waals surface area contributed by atoms with Gasteiger partial charge in [0.05, 0.1) is 96.4 Å². The first-order chi connectivity index (χ1) is 22.1. The van der Waals surface area contributed by atoms with E-state index >= 15 is 0 Å². The Morgan fingerprint density at radius 3 is 2.04 bits per heavy atom. The third-order valence-corrected chi connectivity index (χ3v) is 10.7. The SMILES string of the molecule is COCCOCCOCCOCCOCCOCCOC1CC[C@@]2(O)C3Cc4ccc(O)c5c4[C@@]2(CCN3CC2CCC2)[C@H]1O5. The van der Waals surface area contributed by atoms with Gasteiger partial charge in [-0.05, 0) is 62.6 Å². The van der Waals surface area contributed by atoms with E-state index in [9.17, 15) is 10.2 Å². The number of benzene rings is 1. The van der Waals surface area contributed by atoms with Gasteiger partial charge in [-0.1, -0.05) is 12.5 Å². The molecule has 0 amide bonds. The van der Waals surface area contributed by atoms with Crippen molar-refractivity contribution in [3.63, 3.8) is 0 Å². The van der Waals surface area contributed by atoms with E-state index in [1.54, 1.807) is 13.2 Å². The molecule has 2 saturated carbocycles. The molecule has 6 rings (SSSR count). The summed E-state index contributed by atoms with van der Waals surface area (Å²) < 4.78 is 45.6. The molecule has 3 aliphatic carbocycles. The lowest BCUT2D eigenvalue weighted by Gasteiger charge is -2.64. The summed E-state index contributed by atoms with van der Waals surface area (Å²) >= 11 is 0. The highest BCUT2D eigenvalue weighted by Gasteiger charge is 2.73. The molecule has 2 N–H and O–H groups in total. The van der Waals surface area contributed by atoms with Crippen LogP contribution in [0.5, 0.6) is 11.5 Å². The van der Waals surface area contributed by atoms with Gasteiger partial charge in [-0.25, -0.2) is 0 Å². The molecule has 11 nitrogen and oxygen atoms in total. The topological polar surface area (TPSA) is 118 Å². The Labute approximate surface area is 267 Å². The Kier molecular flexibility index (Phi) is 11.5. The zero-order chi connectivity index (χ0) is 31.1. The number of aromatic hydroxyl groups is 1.